The number of ether oxygens (including phenoxy) is 1. The second-order valence-electron chi connectivity index (χ2n) is 11.1. The van der Waals surface area contributed by atoms with Crippen molar-refractivity contribution in [2.75, 3.05) is 13.1 Å². The first kappa shape index (κ1) is 31.1. The van der Waals surface area contributed by atoms with E-state index in [4.69, 9.17) is 10.5 Å². The number of fused-ring (bicyclic) bond motifs is 1. The topological polar surface area (TPSA) is 102 Å². The van der Waals surface area contributed by atoms with Gasteiger partial charge in [0.05, 0.1) is 16.6 Å². The van der Waals surface area contributed by atoms with Crippen molar-refractivity contribution < 1.29 is 39.9 Å². The normalized spacial score (nSPS) is 18.2. The summed E-state index contributed by atoms with van der Waals surface area (Å²) in [7, 11) is -4.71. The zero-order valence-corrected chi connectivity index (χ0v) is 23.9. The molecule has 3 N–H and O–H groups in total. The Kier molecular flexibility index (Phi) is 8.70. The van der Waals surface area contributed by atoms with E-state index in [1.165, 1.54) is 18.2 Å². The lowest BCUT2D eigenvalue weighted by Gasteiger charge is -2.35. The van der Waals surface area contributed by atoms with Crippen molar-refractivity contribution in [1.29, 1.82) is 0 Å². The van der Waals surface area contributed by atoms with Crippen molar-refractivity contribution >= 4 is 26.7 Å². The van der Waals surface area contributed by atoms with Gasteiger partial charge in [0.25, 0.3) is 5.92 Å². The molecular weight excluding hydrogens is 593 g/mol. The molecule has 1 amide bonds. The second-order valence-corrected chi connectivity index (χ2v) is 12.8. The number of carbonyl (C=O) groups excluding carboxylic acids is 1. The highest BCUT2D eigenvalue weighted by Crippen LogP contribution is 2.37. The maximum atomic E-state index is 15.9. The van der Waals surface area contributed by atoms with E-state index in [0.29, 0.717) is 53.6 Å². The molecule has 1 saturated carbocycles. The van der Waals surface area contributed by atoms with Crippen LogP contribution in [0.2, 0.25) is 0 Å². The minimum atomic E-state index is -4.77. The first-order valence-corrected chi connectivity index (χ1v) is 15.5. The third-order valence-corrected chi connectivity index (χ3v) is 9.45. The number of alkyl halides is 5. The molecule has 1 atom stereocenters. The molecule has 0 aromatic heterocycles. The van der Waals surface area contributed by atoms with Crippen LogP contribution in [0.5, 0.6) is 5.75 Å². The van der Waals surface area contributed by atoms with E-state index in [-0.39, 0.29) is 30.1 Å². The lowest BCUT2D eigenvalue weighted by Crippen LogP contribution is -2.58. The predicted octanol–water partition coefficient (Wildman–Crippen LogP) is 5.57. The number of halogens is 5. The van der Waals surface area contributed by atoms with Gasteiger partial charge in [-0.05, 0) is 85.7 Å². The van der Waals surface area contributed by atoms with Gasteiger partial charge < -0.3 is 15.4 Å². The van der Waals surface area contributed by atoms with Gasteiger partial charge in [-0.25, -0.2) is 8.42 Å². The van der Waals surface area contributed by atoms with Crippen molar-refractivity contribution in [3.63, 3.8) is 0 Å². The van der Waals surface area contributed by atoms with Crippen LogP contribution in [0.25, 0.3) is 10.8 Å². The Bertz CT molecular complexity index is 1570. The summed E-state index contributed by atoms with van der Waals surface area (Å²) < 4.78 is 106. The summed E-state index contributed by atoms with van der Waals surface area (Å²) in [6, 6.07) is 8.35. The molecule has 1 aliphatic heterocycles. The largest absolute Gasteiger partial charge is 0.490 e. The smallest absolute Gasteiger partial charge is 0.416 e. The number of rotatable bonds is 8. The van der Waals surface area contributed by atoms with Crippen LogP contribution >= 0.6 is 0 Å². The molecule has 0 spiro atoms. The summed E-state index contributed by atoms with van der Waals surface area (Å²) in [6.07, 6.45) is 0.125. The average molecular weight is 626 g/mol. The molecule has 3 aromatic rings. The molecule has 1 unspecified atom stereocenters. The zero-order valence-electron chi connectivity index (χ0n) is 23.1. The maximum absolute atomic E-state index is 15.9. The minimum absolute atomic E-state index is 0.0303. The van der Waals surface area contributed by atoms with E-state index in [2.05, 4.69) is 0 Å². The van der Waals surface area contributed by atoms with Crippen molar-refractivity contribution in [2.24, 2.45) is 5.73 Å². The Morgan fingerprint density at radius 1 is 0.860 bits per heavy atom. The third-order valence-electron chi connectivity index (χ3n) is 8.03. The number of hydrogen-bond acceptors (Lipinski definition) is 5. The number of piperidine rings is 1. The van der Waals surface area contributed by atoms with Gasteiger partial charge in [0, 0.05) is 24.7 Å². The predicted molar refractivity (Wildman–Crippen MR) is 150 cm³/mol. The van der Waals surface area contributed by atoms with Gasteiger partial charge in [0.1, 0.15) is 5.75 Å². The fourth-order valence-electron chi connectivity index (χ4n) is 5.49. The van der Waals surface area contributed by atoms with Gasteiger partial charge >= 0.3 is 6.18 Å². The number of nitrogens with zero attached hydrogens (tertiary/aromatic N) is 1. The molecule has 1 aliphatic carbocycles. The first-order chi connectivity index (χ1) is 20.2. The Morgan fingerprint density at radius 3 is 2.07 bits per heavy atom. The number of hydrogen-bond donors (Lipinski definition) is 2. The summed E-state index contributed by atoms with van der Waals surface area (Å²) in [6.45, 7) is 0.0606. The second kappa shape index (κ2) is 12.0. The van der Waals surface area contributed by atoms with Gasteiger partial charge in [0.15, 0.2) is 6.04 Å². The van der Waals surface area contributed by atoms with Gasteiger partial charge in [-0.3, -0.25) is 4.79 Å². The molecule has 2 aliphatic rings. The van der Waals surface area contributed by atoms with Crippen LogP contribution < -0.4 is 15.2 Å². The lowest BCUT2D eigenvalue weighted by atomic mass is 9.97. The number of sulfonamides is 1. The Labute approximate surface area is 246 Å². The van der Waals surface area contributed by atoms with Crippen molar-refractivity contribution in [3.05, 3.63) is 71.8 Å². The Hall–Kier alpha value is -3.29. The van der Waals surface area contributed by atoms with Crippen molar-refractivity contribution in [1.82, 2.24) is 9.62 Å². The fourth-order valence-corrected chi connectivity index (χ4v) is 6.72. The van der Waals surface area contributed by atoms with Gasteiger partial charge in [-0.15, -0.1) is 0 Å². The number of carbonyl (C=O) groups is 1. The molecule has 232 valence electrons. The highest BCUT2D eigenvalue weighted by molar-refractivity contribution is 7.89. The van der Waals surface area contributed by atoms with E-state index in [1.54, 1.807) is 18.2 Å². The van der Waals surface area contributed by atoms with Crippen LogP contribution in [-0.4, -0.2) is 50.5 Å². The summed E-state index contributed by atoms with van der Waals surface area (Å²) in [4.78, 5) is 14.2. The molecule has 3 aromatic carbocycles. The molecule has 13 heteroatoms. The van der Waals surface area contributed by atoms with Gasteiger partial charge in [-0.2, -0.15) is 26.7 Å². The quantitative estimate of drug-likeness (QED) is 0.319. The van der Waals surface area contributed by atoms with Crippen LogP contribution in [0.4, 0.5) is 22.0 Å². The highest BCUT2D eigenvalue weighted by atomic mass is 32.2. The summed E-state index contributed by atoms with van der Waals surface area (Å²) in [5.74, 6) is -4.76. The Morgan fingerprint density at radius 2 is 1.44 bits per heavy atom. The van der Waals surface area contributed by atoms with Crippen LogP contribution in [0.15, 0.2) is 65.6 Å². The third kappa shape index (κ3) is 6.94. The molecule has 1 saturated heterocycles. The number of nitrogens with two attached hydrogens (primary N) is 1. The average Bonchev–Trinajstić information content (AvgIpc) is 3.48. The monoisotopic (exact) mass is 625 g/mol. The molecule has 0 radical (unpaired) electrons. The molecular formula is C30H32F5N3O4S. The number of likely N-dealkylation sites (tertiary alicyclic amines) is 1. The van der Waals surface area contributed by atoms with E-state index >= 15 is 8.78 Å². The van der Waals surface area contributed by atoms with Crippen LogP contribution in [0.1, 0.15) is 49.7 Å². The number of nitrogens with one attached hydrogen (secondary N) is 1. The van der Waals surface area contributed by atoms with E-state index in [9.17, 15) is 26.4 Å². The van der Waals surface area contributed by atoms with Crippen molar-refractivity contribution in [2.45, 2.75) is 73.7 Å². The molecule has 5 rings (SSSR count). The summed E-state index contributed by atoms with van der Waals surface area (Å²) in [5, 5.41) is 1.17. The van der Waals surface area contributed by atoms with Gasteiger partial charge in [0.2, 0.25) is 15.9 Å². The van der Waals surface area contributed by atoms with Crippen LogP contribution in [0, 0.1) is 0 Å². The fraction of sp³-hybridized carbons (Fsp3) is 0.433. The Balaban J connectivity index is 1.44. The standard InChI is InChI=1S/C30H32F5N3O4S/c31-29(32,21-7-9-22(10-8-21)30(33,34)35)27(28(39)38-15-13-23(36)14-16-38)37-43(40,41)26-12-6-19-17-25(11-5-20(19)18-26)42-24-3-1-2-4-24/h5-12,17-18,23-24,27,37H,1-4,13-16,36H2. The number of benzene rings is 3. The molecule has 7 nitrogen and oxygen atoms in total. The van der Waals surface area contributed by atoms with E-state index < -0.39 is 45.2 Å². The summed E-state index contributed by atoms with van der Waals surface area (Å²) >= 11 is 0. The lowest BCUT2D eigenvalue weighted by molar-refractivity contribution is -0.145. The SMILES string of the molecule is NC1CCN(C(=O)C(NS(=O)(=O)c2ccc3cc(OC4CCCC4)ccc3c2)C(F)(F)c2ccc(C(F)(F)F)cc2)CC1. The molecule has 1 heterocycles. The van der Waals surface area contributed by atoms with Gasteiger partial charge in [-0.1, -0.05) is 24.3 Å². The van der Waals surface area contributed by atoms with Crippen LogP contribution in [-0.2, 0) is 26.9 Å². The van der Waals surface area contributed by atoms with Crippen molar-refractivity contribution in [3.8, 4) is 5.75 Å². The maximum Gasteiger partial charge on any atom is 0.416 e. The summed E-state index contributed by atoms with van der Waals surface area (Å²) in [5.41, 5.74) is 3.77. The van der Waals surface area contributed by atoms with E-state index in [0.717, 1.165) is 30.6 Å². The molecule has 0 bridgehead atoms. The molecule has 43 heavy (non-hydrogen) atoms. The first-order valence-electron chi connectivity index (χ1n) is 14.1. The minimum Gasteiger partial charge on any atom is -0.490 e. The molecule has 2 fully saturated rings. The number of amides is 1. The zero-order chi connectivity index (χ0) is 31.0. The van der Waals surface area contributed by atoms with E-state index in [1.807, 2.05) is 4.72 Å². The van der Waals surface area contributed by atoms with Crippen LogP contribution in [0.3, 0.4) is 0 Å². The highest BCUT2D eigenvalue weighted by Gasteiger charge is 2.50.